The van der Waals surface area contributed by atoms with Gasteiger partial charge in [0.1, 0.15) is 5.60 Å². The van der Waals surface area contributed by atoms with Crippen molar-refractivity contribution >= 4 is 23.8 Å². The summed E-state index contributed by atoms with van der Waals surface area (Å²) in [6, 6.07) is 7.25. The topological polar surface area (TPSA) is 62.1 Å². The molecule has 1 N–H and O–H groups in total. The smallest absolute Gasteiger partial charge is 0.407 e. The van der Waals surface area contributed by atoms with Crippen LogP contribution in [0.25, 0.3) is 6.08 Å². The number of carbonyl (C=O) groups excluding carboxylic acids is 1. The fourth-order valence-corrected chi connectivity index (χ4v) is 1.72. The molecular weight excluding hydrogens is 288 g/mol. The summed E-state index contributed by atoms with van der Waals surface area (Å²) in [4.78, 5) is 11.4. The Balaban J connectivity index is 2.43. The first kappa shape index (κ1) is 17.1. The molecule has 5 heteroatoms. The number of rotatable bonds is 4. The van der Waals surface area contributed by atoms with Crippen LogP contribution in [-0.2, 0) is 4.74 Å². The molecule has 4 nitrogen and oxygen atoms in total. The van der Waals surface area contributed by atoms with Crippen LogP contribution in [0.4, 0.5) is 4.79 Å². The summed E-state index contributed by atoms with van der Waals surface area (Å²) in [6.07, 6.45) is 3.94. The largest absolute Gasteiger partial charge is 0.444 e. The molecule has 1 amide bonds. The van der Waals surface area contributed by atoms with Gasteiger partial charge in [-0.15, -0.1) is 0 Å². The Morgan fingerprint density at radius 3 is 2.81 bits per heavy atom. The molecule has 0 unspecified atom stereocenters. The van der Waals surface area contributed by atoms with Gasteiger partial charge >= 0.3 is 6.09 Å². The van der Waals surface area contributed by atoms with Gasteiger partial charge in [-0.25, -0.2) is 4.79 Å². The second-order valence-corrected chi connectivity index (χ2v) is 5.90. The van der Waals surface area contributed by atoms with Crippen molar-refractivity contribution in [2.45, 2.75) is 32.8 Å². The van der Waals surface area contributed by atoms with Crippen LogP contribution in [0.15, 0.2) is 24.3 Å². The number of alkyl carbamates (subject to hydrolysis) is 1. The Kier molecular flexibility index (Phi) is 6.26. The highest BCUT2D eigenvalue weighted by molar-refractivity contribution is 6.30. The molecule has 0 bridgehead atoms. The fraction of sp³-hybridized carbons (Fsp3) is 0.375. The van der Waals surface area contributed by atoms with Gasteiger partial charge in [-0.1, -0.05) is 29.8 Å². The lowest BCUT2D eigenvalue weighted by molar-refractivity contribution is 0.0529. The molecule has 0 heterocycles. The Hall–Kier alpha value is -1.99. The monoisotopic (exact) mass is 306 g/mol. The molecule has 0 aliphatic heterocycles. The third-order valence-electron chi connectivity index (χ3n) is 2.41. The number of halogens is 1. The number of nitriles is 1. The van der Waals surface area contributed by atoms with Crippen molar-refractivity contribution in [1.29, 1.82) is 5.26 Å². The minimum absolute atomic E-state index is 0.430. The number of nitrogens with one attached hydrogen (secondary N) is 1. The van der Waals surface area contributed by atoms with E-state index in [1.165, 1.54) is 0 Å². The van der Waals surface area contributed by atoms with E-state index in [-0.39, 0.29) is 0 Å². The molecule has 0 aromatic heterocycles. The van der Waals surface area contributed by atoms with E-state index < -0.39 is 11.7 Å². The summed E-state index contributed by atoms with van der Waals surface area (Å²) in [5.41, 5.74) is 0.836. The number of ether oxygens (including phenoxy) is 1. The van der Waals surface area contributed by atoms with Gasteiger partial charge < -0.3 is 10.1 Å². The van der Waals surface area contributed by atoms with E-state index in [4.69, 9.17) is 21.6 Å². The van der Waals surface area contributed by atoms with Crippen LogP contribution in [0.5, 0.6) is 0 Å². The number of hydrogen-bond acceptors (Lipinski definition) is 3. The van der Waals surface area contributed by atoms with E-state index in [1.807, 2.05) is 32.9 Å². The molecule has 0 saturated heterocycles. The predicted molar refractivity (Wildman–Crippen MR) is 84.1 cm³/mol. The molecule has 0 aliphatic carbocycles. The maximum atomic E-state index is 11.4. The Labute approximate surface area is 130 Å². The van der Waals surface area contributed by atoms with Crippen LogP contribution in [0.2, 0.25) is 5.02 Å². The first-order chi connectivity index (χ1) is 9.81. The highest BCUT2D eigenvalue weighted by atomic mass is 35.5. The zero-order valence-corrected chi connectivity index (χ0v) is 13.2. The van der Waals surface area contributed by atoms with Crippen molar-refractivity contribution in [2.24, 2.45) is 0 Å². The highest BCUT2D eigenvalue weighted by Crippen LogP contribution is 2.16. The Morgan fingerprint density at radius 2 is 2.19 bits per heavy atom. The lowest BCUT2D eigenvalue weighted by Gasteiger charge is -2.19. The van der Waals surface area contributed by atoms with Crippen LogP contribution in [0, 0.1) is 11.3 Å². The molecular formula is C16H19ClN2O2. The Morgan fingerprint density at radius 1 is 1.48 bits per heavy atom. The third kappa shape index (κ3) is 6.82. The van der Waals surface area contributed by atoms with Gasteiger partial charge in [-0.05, 0) is 44.9 Å². The lowest BCUT2D eigenvalue weighted by Crippen LogP contribution is -2.32. The van der Waals surface area contributed by atoms with Gasteiger partial charge in [0.15, 0.2) is 0 Å². The number of benzene rings is 1. The highest BCUT2D eigenvalue weighted by Gasteiger charge is 2.15. The van der Waals surface area contributed by atoms with E-state index in [0.29, 0.717) is 23.6 Å². The zero-order chi connectivity index (χ0) is 15.9. The molecule has 112 valence electrons. The summed E-state index contributed by atoms with van der Waals surface area (Å²) in [7, 11) is 0. The summed E-state index contributed by atoms with van der Waals surface area (Å²) < 4.78 is 5.12. The van der Waals surface area contributed by atoms with E-state index in [2.05, 4.69) is 11.4 Å². The van der Waals surface area contributed by atoms with Gasteiger partial charge in [0.2, 0.25) is 0 Å². The van der Waals surface area contributed by atoms with Crippen molar-refractivity contribution in [3.05, 3.63) is 40.4 Å². The molecule has 0 atom stereocenters. The van der Waals surface area contributed by atoms with Gasteiger partial charge in [0.05, 0.1) is 11.6 Å². The standard InChI is InChI=1S/C16H19ClN2O2/c1-16(2,3)21-15(20)19-9-5-4-6-12-7-8-14(17)10-13(12)11-18/h4,6-8,10H,5,9H2,1-3H3,(H,19,20). The summed E-state index contributed by atoms with van der Waals surface area (Å²) >= 11 is 5.83. The van der Waals surface area contributed by atoms with E-state index >= 15 is 0 Å². The first-order valence-electron chi connectivity index (χ1n) is 6.65. The van der Waals surface area contributed by atoms with Crippen LogP contribution in [0.3, 0.4) is 0 Å². The van der Waals surface area contributed by atoms with E-state index in [9.17, 15) is 4.79 Å². The molecule has 0 spiro atoms. The van der Waals surface area contributed by atoms with Crippen LogP contribution >= 0.6 is 11.6 Å². The van der Waals surface area contributed by atoms with Crippen LogP contribution in [0.1, 0.15) is 38.3 Å². The van der Waals surface area contributed by atoms with E-state index in [1.54, 1.807) is 18.2 Å². The molecule has 1 aromatic rings. The van der Waals surface area contributed by atoms with Crippen molar-refractivity contribution < 1.29 is 9.53 Å². The number of nitrogens with zero attached hydrogens (tertiary/aromatic N) is 1. The molecule has 0 saturated carbocycles. The number of carbonyl (C=O) groups is 1. The zero-order valence-electron chi connectivity index (χ0n) is 12.4. The summed E-state index contributed by atoms with van der Waals surface area (Å²) in [5.74, 6) is 0. The summed E-state index contributed by atoms with van der Waals surface area (Å²) in [6.45, 7) is 5.92. The van der Waals surface area contributed by atoms with Crippen molar-refractivity contribution in [3.8, 4) is 6.07 Å². The number of hydrogen-bond donors (Lipinski definition) is 1. The van der Waals surface area contributed by atoms with Crippen molar-refractivity contribution in [3.63, 3.8) is 0 Å². The van der Waals surface area contributed by atoms with Gasteiger partial charge in [0, 0.05) is 11.6 Å². The van der Waals surface area contributed by atoms with E-state index in [0.717, 1.165) is 5.56 Å². The van der Waals surface area contributed by atoms with Crippen molar-refractivity contribution in [1.82, 2.24) is 5.32 Å². The average Bonchev–Trinajstić information content (AvgIpc) is 2.37. The van der Waals surface area contributed by atoms with Crippen LogP contribution in [-0.4, -0.2) is 18.2 Å². The van der Waals surface area contributed by atoms with Crippen molar-refractivity contribution in [2.75, 3.05) is 6.54 Å². The first-order valence-corrected chi connectivity index (χ1v) is 7.02. The molecule has 0 fully saturated rings. The van der Waals surface area contributed by atoms with Gasteiger partial charge in [-0.2, -0.15) is 5.26 Å². The lowest BCUT2D eigenvalue weighted by atomic mass is 10.1. The number of amides is 1. The summed E-state index contributed by atoms with van der Waals surface area (Å²) in [5, 5.41) is 12.2. The van der Waals surface area contributed by atoms with Gasteiger partial charge in [0.25, 0.3) is 0 Å². The van der Waals surface area contributed by atoms with Gasteiger partial charge in [-0.3, -0.25) is 0 Å². The maximum Gasteiger partial charge on any atom is 0.407 e. The van der Waals surface area contributed by atoms with Crippen LogP contribution < -0.4 is 5.32 Å². The fourth-order valence-electron chi connectivity index (χ4n) is 1.55. The quantitative estimate of drug-likeness (QED) is 0.850. The SMILES string of the molecule is CC(C)(C)OC(=O)NCCC=Cc1ccc(Cl)cc1C#N. The minimum atomic E-state index is -0.495. The molecule has 1 aromatic carbocycles. The average molecular weight is 307 g/mol. The normalized spacial score (nSPS) is 11.2. The molecule has 1 rings (SSSR count). The molecule has 0 radical (unpaired) electrons. The Bertz CT molecular complexity index is 569. The second kappa shape index (κ2) is 7.70. The maximum absolute atomic E-state index is 11.4. The second-order valence-electron chi connectivity index (χ2n) is 5.46. The minimum Gasteiger partial charge on any atom is -0.444 e. The third-order valence-corrected chi connectivity index (χ3v) is 2.65. The predicted octanol–water partition coefficient (Wildman–Crippen LogP) is 4.14. The molecule has 0 aliphatic rings. The molecule has 21 heavy (non-hydrogen) atoms.